The van der Waals surface area contributed by atoms with Crippen LogP contribution in [0.15, 0.2) is 84.9 Å². The molecule has 0 spiro atoms. The molecule has 0 N–H and O–H groups in total. The van der Waals surface area contributed by atoms with Gasteiger partial charge in [0.15, 0.2) is 12.4 Å². The molecule has 154 valence electrons. The van der Waals surface area contributed by atoms with Crippen molar-refractivity contribution in [1.82, 2.24) is 4.90 Å². The maximum absolute atomic E-state index is 13.0. The molecule has 0 fully saturated rings. The number of hydrogen-bond acceptors (Lipinski definition) is 5. The summed E-state index contributed by atoms with van der Waals surface area (Å²) in [4.78, 5) is 51.8. The predicted molar refractivity (Wildman–Crippen MR) is 112 cm³/mol. The van der Waals surface area contributed by atoms with Crippen molar-refractivity contribution in [2.75, 3.05) is 6.61 Å². The zero-order valence-corrected chi connectivity index (χ0v) is 16.6. The van der Waals surface area contributed by atoms with Gasteiger partial charge in [-0.15, -0.1) is 0 Å². The summed E-state index contributed by atoms with van der Waals surface area (Å²) in [5, 5.41) is 0. The van der Waals surface area contributed by atoms with E-state index in [2.05, 4.69) is 0 Å². The van der Waals surface area contributed by atoms with Gasteiger partial charge in [0.1, 0.15) is 0 Å². The Morgan fingerprint density at radius 1 is 0.742 bits per heavy atom. The van der Waals surface area contributed by atoms with Crippen LogP contribution in [0.2, 0.25) is 0 Å². The number of Topliss-reactive ketones (excluding diaryl/α,β-unsaturated/α-hetero) is 1. The maximum atomic E-state index is 13.0. The van der Waals surface area contributed by atoms with Gasteiger partial charge in [-0.3, -0.25) is 24.1 Å². The number of carbonyl (C=O) groups is 4. The number of esters is 1. The van der Waals surface area contributed by atoms with Crippen molar-refractivity contribution in [3.8, 4) is 0 Å². The van der Waals surface area contributed by atoms with Crippen LogP contribution in [0.5, 0.6) is 0 Å². The zero-order chi connectivity index (χ0) is 21.8. The van der Waals surface area contributed by atoms with E-state index in [0.717, 1.165) is 4.90 Å². The summed E-state index contributed by atoms with van der Waals surface area (Å²) in [6.07, 6.45) is -0.252. The van der Waals surface area contributed by atoms with E-state index < -0.39 is 30.4 Å². The standard InChI is InChI=1S/C25H19NO5/c27-22(18-11-5-2-6-12-18)16-31-23(28)15-21(17-9-3-1-4-10-17)26-24(29)19-13-7-8-14-20(19)25(26)30/h1-14,21H,15-16H2/t21-/m1/s1. The van der Waals surface area contributed by atoms with E-state index in [0.29, 0.717) is 22.3 Å². The number of ether oxygens (including phenoxy) is 1. The minimum Gasteiger partial charge on any atom is -0.457 e. The normalized spacial score (nSPS) is 13.6. The fourth-order valence-electron chi connectivity index (χ4n) is 3.59. The van der Waals surface area contributed by atoms with Crippen molar-refractivity contribution >= 4 is 23.6 Å². The molecule has 0 unspecified atom stereocenters. The minimum absolute atomic E-state index is 0.252. The molecule has 1 aliphatic rings. The molecule has 0 aromatic heterocycles. The molecule has 31 heavy (non-hydrogen) atoms. The summed E-state index contributed by atoms with van der Waals surface area (Å²) in [6.45, 7) is -0.410. The molecule has 6 nitrogen and oxygen atoms in total. The number of benzene rings is 3. The third-order valence-corrected chi connectivity index (χ3v) is 5.14. The molecule has 3 aromatic carbocycles. The average molecular weight is 413 g/mol. The van der Waals surface area contributed by atoms with E-state index in [9.17, 15) is 19.2 Å². The Morgan fingerprint density at radius 3 is 1.84 bits per heavy atom. The first kappa shape index (κ1) is 20.2. The summed E-state index contributed by atoms with van der Waals surface area (Å²) in [5.74, 6) is -1.91. The molecule has 0 radical (unpaired) electrons. The van der Waals surface area contributed by atoms with Gasteiger partial charge in [-0.05, 0) is 17.7 Å². The van der Waals surface area contributed by atoms with Crippen LogP contribution in [0.4, 0.5) is 0 Å². The molecule has 0 saturated carbocycles. The van der Waals surface area contributed by atoms with Crippen molar-refractivity contribution in [3.05, 3.63) is 107 Å². The Bertz CT molecular complexity index is 1110. The van der Waals surface area contributed by atoms with Gasteiger partial charge in [-0.25, -0.2) is 0 Å². The van der Waals surface area contributed by atoms with Crippen LogP contribution in [0, 0.1) is 0 Å². The lowest BCUT2D eigenvalue weighted by molar-refractivity contribution is -0.143. The molecule has 0 saturated heterocycles. The highest BCUT2D eigenvalue weighted by atomic mass is 16.5. The first-order chi connectivity index (χ1) is 15.1. The molecular weight excluding hydrogens is 394 g/mol. The summed E-state index contributed by atoms with van der Waals surface area (Å²) >= 11 is 0. The molecule has 6 heteroatoms. The van der Waals surface area contributed by atoms with Gasteiger partial charge in [0.25, 0.3) is 11.8 Å². The topological polar surface area (TPSA) is 80.8 Å². The van der Waals surface area contributed by atoms with Gasteiger partial charge in [0.05, 0.1) is 23.6 Å². The Kier molecular flexibility index (Phi) is 5.71. The van der Waals surface area contributed by atoms with E-state index in [1.165, 1.54) is 0 Å². The second-order valence-corrected chi connectivity index (χ2v) is 7.11. The number of rotatable bonds is 7. The maximum Gasteiger partial charge on any atom is 0.308 e. The molecule has 1 atom stereocenters. The van der Waals surface area contributed by atoms with Crippen LogP contribution in [-0.4, -0.2) is 35.1 Å². The quantitative estimate of drug-likeness (QED) is 0.334. The number of carbonyl (C=O) groups excluding carboxylic acids is 4. The molecule has 1 heterocycles. The summed E-state index contributed by atoms with van der Waals surface area (Å²) in [7, 11) is 0. The highest BCUT2D eigenvalue weighted by molar-refractivity contribution is 6.21. The second-order valence-electron chi connectivity index (χ2n) is 7.11. The predicted octanol–water partition coefficient (Wildman–Crippen LogP) is 3.84. The first-order valence-electron chi connectivity index (χ1n) is 9.82. The molecule has 4 rings (SSSR count). The number of hydrogen-bond donors (Lipinski definition) is 0. The van der Waals surface area contributed by atoms with Gasteiger partial charge in [-0.2, -0.15) is 0 Å². The van der Waals surface area contributed by atoms with E-state index >= 15 is 0 Å². The third-order valence-electron chi connectivity index (χ3n) is 5.14. The molecule has 0 aliphatic carbocycles. The van der Waals surface area contributed by atoms with Crippen LogP contribution >= 0.6 is 0 Å². The largest absolute Gasteiger partial charge is 0.457 e. The van der Waals surface area contributed by atoms with Crippen LogP contribution in [0.25, 0.3) is 0 Å². The van der Waals surface area contributed by atoms with Crippen molar-refractivity contribution < 1.29 is 23.9 Å². The monoisotopic (exact) mass is 413 g/mol. The van der Waals surface area contributed by atoms with Gasteiger partial charge >= 0.3 is 5.97 Å². The van der Waals surface area contributed by atoms with E-state index in [1.807, 2.05) is 0 Å². The number of imide groups is 1. The molecule has 2 amide bonds. The second kappa shape index (κ2) is 8.75. The lowest BCUT2D eigenvalue weighted by Crippen LogP contribution is -2.35. The smallest absolute Gasteiger partial charge is 0.308 e. The number of ketones is 1. The fraction of sp³-hybridized carbons (Fsp3) is 0.120. The summed E-state index contributed by atoms with van der Waals surface area (Å²) in [5.41, 5.74) is 1.68. The van der Waals surface area contributed by atoms with Crippen LogP contribution < -0.4 is 0 Å². The summed E-state index contributed by atoms with van der Waals surface area (Å²) < 4.78 is 5.18. The van der Waals surface area contributed by atoms with Gasteiger partial charge in [0, 0.05) is 5.56 Å². The number of nitrogens with zero attached hydrogens (tertiary/aromatic N) is 1. The molecule has 0 bridgehead atoms. The van der Waals surface area contributed by atoms with Gasteiger partial charge in [-0.1, -0.05) is 72.8 Å². The number of amides is 2. The number of fused-ring (bicyclic) bond motifs is 1. The summed E-state index contributed by atoms with van der Waals surface area (Å²) in [6, 6.07) is 23.1. The zero-order valence-electron chi connectivity index (χ0n) is 16.6. The Hall–Kier alpha value is -4.06. The van der Waals surface area contributed by atoms with Crippen LogP contribution in [0.1, 0.15) is 49.1 Å². The van der Waals surface area contributed by atoms with Crippen molar-refractivity contribution in [2.45, 2.75) is 12.5 Å². The molecule has 1 aliphatic heterocycles. The molecule has 3 aromatic rings. The van der Waals surface area contributed by atoms with Gasteiger partial charge < -0.3 is 4.74 Å². The Balaban J connectivity index is 1.53. The van der Waals surface area contributed by atoms with E-state index in [4.69, 9.17) is 4.74 Å². The highest BCUT2D eigenvalue weighted by Gasteiger charge is 2.41. The minimum atomic E-state index is -0.840. The third kappa shape index (κ3) is 4.14. The fourth-order valence-corrected chi connectivity index (χ4v) is 3.59. The lowest BCUT2D eigenvalue weighted by Gasteiger charge is -2.26. The van der Waals surface area contributed by atoms with Crippen LogP contribution in [-0.2, 0) is 9.53 Å². The average Bonchev–Trinajstić information content (AvgIpc) is 3.07. The van der Waals surface area contributed by atoms with E-state index in [-0.39, 0.29) is 12.2 Å². The Morgan fingerprint density at radius 2 is 1.26 bits per heavy atom. The van der Waals surface area contributed by atoms with Crippen molar-refractivity contribution in [1.29, 1.82) is 0 Å². The lowest BCUT2D eigenvalue weighted by atomic mass is 10.0. The van der Waals surface area contributed by atoms with Gasteiger partial charge in [0.2, 0.25) is 0 Å². The molecular formula is C25H19NO5. The van der Waals surface area contributed by atoms with Crippen molar-refractivity contribution in [3.63, 3.8) is 0 Å². The highest BCUT2D eigenvalue weighted by Crippen LogP contribution is 2.33. The van der Waals surface area contributed by atoms with Crippen LogP contribution in [0.3, 0.4) is 0 Å². The van der Waals surface area contributed by atoms with E-state index in [1.54, 1.807) is 84.9 Å². The van der Waals surface area contributed by atoms with Crippen molar-refractivity contribution in [2.24, 2.45) is 0 Å². The SMILES string of the molecule is O=C(C[C@H](c1ccccc1)N1C(=O)c2ccccc2C1=O)OCC(=O)c1ccccc1. The first-order valence-corrected chi connectivity index (χ1v) is 9.82. The Labute approximate surface area is 179 Å².